The maximum Gasteiger partial charge on any atom is 0.135 e. The van der Waals surface area contributed by atoms with Crippen LogP contribution in [0.15, 0.2) is 34.8 Å². The fraction of sp³-hybridized carbons (Fsp3) is 0.333. The molecule has 1 aromatic carbocycles. The third-order valence-corrected chi connectivity index (χ3v) is 3.28. The summed E-state index contributed by atoms with van der Waals surface area (Å²) in [4.78, 5) is 9.07. The van der Waals surface area contributed by atoms with Gasteiger partial charge in [-0.15, -0.1) is 0 Å². The van der Waals surface area contributed by atoms with Gasteiger partial charge in [-0.25, -0.2) is 9.97 Å². The van der Waals surface area contributed by atoms with E-state index in [-0.39, 0.29) is 0 Å². The van der Waals surface area contributed by atoms with Gasteiger partial charge in [-0.1, -0.05) is 28.1 Å². The molecule has 0 aliphatic carbocycles. The number of halogens is 1. The average molecular weight is 336 g/mol. The van der Waals surface area contributed by atoms with E-state index < -0.39 is 0 Å². The van der Waals surface area contributed by atoms with Gasteiger partial charge in [0, 0.05) is 30.6 Å². The molecule has 1 aromatic heterocycles. The van der Waals surface area contributed by atoms with E-state index in [1.54, 1.807) is 7.11 Å². The van der Waals surface area contributed by atoms with Crippen molar-refractivity contribution in [1.29, 1.82) is 0 Å². The quantitative estimate of drug-likeness (QED) is 0.878. The summed E-state index contributed by atoms with van der Waals surface area (Å²) < 4.78 is 6.23. The molecule has 5 heteroatoms. The number of hydrogen-bond acceptors (Lipinski definition) is 4. The third-order valence-electron chi connectivity index (χ3n) is 2.75. The van der Waals surface area contributed by atoms with Crippen molar-refractivity contribution in [1.82, 2.24) is 9.97 Å². The van der Waals surface area contributed by atoms with Crippen LogP contribution < -0.4 is 5.32 Å². The largest absolute Gasteiger partial charge is 0.378 e. The van der Waals surface area contributed by atoms with E-state index >= 15 is 0 Å². The van der Waals surface area contributed by atoms with Crippen molar-refractivity contribution in [2.75, 3.05) is 19.0 Å². The Morgan fingerprint density at radius 1 is 1.20 bits per heavy atom. The van der Waals surface area contributed by atoms with Crippen molar-refractivity contribution in [3.05, 3.63) is 51.9 Å². The number of anilines is 1. The maximum absolute atomic E-state index is 5.16. The molecule has 20 heavy (non-hydrogen) atoms. The van der Waals surface area contributed by atoms with Crippen LogP contribution in [0.3, 0.4) is 0 Å². The van der Waals surface area contributed by atoms with Gasteiger partial charge in [0.15, 0.2) is 0 Å². The standard InChI is InChI=1S/C15H18BrN3O/c1-3-17-14-9-13(10-20-2)18-15(19-14)8-11-4-6-12(16)7-5-11/h4-7,9H,3,8,10H2,1-2H3,(H,17,18,19). The third kappa shape index (κ3) is 4.28. The number of nitrogens with zero attached hydrogens (tertiary/aromatic N) is 2. The molecule has 2 rings (SSSR count). The van der Waals surface area contributed by atoms with Gasteiger partial charge in [0.2, 0.25) is 0 Å². The van der Waals surface area contributed by atoms with E-state index in [1.807, 2.05) is 25.1 Å². The number of aromatic nitrogens is 2. The van der Waals surface area contributed by atoms with E-state index in [9.17, 15) is 0 Å². The smallest absolute Gasteiger partial charge is 0.135 e. The second-order valence-electron chi connectivity index (χ2n) is 4.43. The number of ether oxygens (including phenoxy) is 1. The molecule has 0 fully saturated rings. The summed E-state index contributed by atoms with van der Waals surface area (Å²) in [5.74, 6) is 1.65. The molecule has 1 N–H and O–H groups in total. The SMILES string of the molecule is CCNc1cc(COC)nc(Cc2ccc(Br)cc2)n1. The minimum atomic E-state index is 0.494. The Morgan fingerprint density at radius 3 is 2.60 bits per heavy atom. The summed E-state index contributed by atoms with van der Waals surface area (Å²) in [7, 11) is 1.67. The predicted molar refractivity (Wildman–Crippen MR) is 83.9 cm³/mol. The first-order valence-electron chi connectivity index (χ1n) is 6.55. The van der Waals surface area contributed by atoms with Gasteiger partial charge in [0.05, 0.1) is 12.3 Å². The molecule has 0 radical (unpaired) electrons. The average Bonchev–Trinajstić information content (AvgIpc) is 2.42. The summed E-state index contributed by atoms with van der Waals surface area (Å²) in [5.41, 5.74) is 2.08. The monoisotopic (exact) mass is 335 g/mol. The zero-order valence-electron chi connectivity index (χ0n) is 11.7. The zero-order valence-corrected chi connectivity index (χ0v) is 13.3. The molecule has 0 aliphatic rings. The number of rotatable bonds is 6. The Bertz CT molecular complexity index is 533. The van der Waals surface area contributed by atoms with Crippen LogP contribution in [0.4, 0.5) is 5.82 Å². The van der Waals surface area contributed by atoms with Crippen molar-refractivity contribution < 1.29 is 4.74 Å². The van der Waals surface area contributed by atoms with E-state index in [2.05, 4.69) is 43.3 Å². The maximum atomic E-state index is 5.16. The highest BCUT2D eigenvalue weighted by Crippen LogP contribution is 2.14. The lowest BCUT2D eigenvalue weighted by Gasteiger charge is -2.09. The Morgan fingerprint density at radius 2 is 1.95 bits per heavy atom. The molecule has 0 saturated heterocycles. The van der Waals surface area contributed by atoms with Crippen molar-refractivity contribution in [2.24, 2.45) is 0 Å². The van der Waals surface area contributed by atoms with E-state index in [1.165, 1.54) is 5.56 Å². The van der Waals surface area contributed by atoms with Crippen LogP contribution in [-0.2, 0) is 17.8 Å². The van der Waals surface area contributed by atoms with Gasteiger partial charge < -0.3 is 10.1 Å². The molecule has 0 aliphatic heterocycles. The second kappa shape index (κ2) is 7.36. The number of methoxy groups -OCH3 is 1. The molecule has 0 unspecified atom stereocenters. The van der Waals surface area contributed by atoms with Crippen molar-refractivity contribution in [3.63, 3.8) is 0 Å². The Hall–Kier alpha value is -1.46. The lowest BCUT2D eigenvalue weighted by molar-refractivity contribution is 0.181. The molecular formula is C15H18BrN3O. The van der Waals surface area contributed by atoms with Crippen LogP contribution in [0.1, 0.15) is 24.0 Å². The number of nitrogens with one attached hydrogen (secondary N) is 1. The molecular weight excluding hydrogens is 318 g/mol. The lowest BCUT2D eigenvalue weighted by atomic mass is 10.1. The summed E-state index contributed by atoms with van der Waals surface area (Å²) in [6, 6.07) is 10.1. The van der Waals surface area contributed by atoms with Crippen LogP contribution >= 0.6 is 15.9 Å². The van der Waals surface area contributed by atoms with Crippen molar-refractivity contribution in [2.45, 2.75) is 20.0 Å². The second-order valence-corrected chi connectivity index (χ2v) is 5.34. The fourth-order valence-corrected chi connectivity index (χ4v) is 2.17. The van der Waals surface area contributed by atoms with Gasteiger partial charge in [-0.2, -0.15) is 0 Å². The normalized spacial score (nSPS) is 10.6. The van der Waals surface area contributed by atoms with E-state index in [0.29, 0.717) is 13.0 Å². The minimum absolute atomic E-state index is 0.494. The molecule has 0 saturated carbocycles. The van der Waals surface area contributed by atoms with Gasteiger partial charge in [-0.05, 0) is 24.6 Å². The topological polar surface area (TPSA) is 47.0 Å². The molecule has 0 amide bonds. The van der Waals surface area contributed by atoms with Crippen molar-refractivity contribution in [3.8, 4) is 0 Å². The molecule has 0 spiro atoms. The first-order chi connectivity index (χ1) is 9.71. The summed E-state index contributed by atoms with van der Waals surface area (Å²) in [6.07, 6.45) is 0.712. The highest BCUT2D eigenvalue weighted by molar-refractivity contribution is 9.10. The molecule has 106 valence electrons. The van der Waals surface area contributed by atoms with Crippen LogP contribution in [0, 0.1) is 0 Å². The highest BCUT2D eigenvalue weighted by atomic mass is 79.9. The summed E-state index contributed by atoms with van der Waals surface area (Å²) in [6.45, 7) is 3.38. The van der Waals surface area contributed by atoms with Crippen LogP contribution in [0.5, 0.6) is 0 Å². The number of benzene rings is 1. The molecule has 4 nitrogen and oxygen atoms in total. The molecule has 0 atom stereocenters. The summed E-state index contributed by atoms with van der Waals surface area (Å²) in [5, 5.41) is 3.23. The highest BCUT2D eigenvalue weighted by Gasteiger charge is 2.05. The number of hydrogen-bond donors (Lipinski definition) is 1. The van der Waals surface area contributed by atoms with Crippen LogP contribution in [-0.4, -0.2) is 23.6 Å². The molecule has 1 heterocycles. The fourth-order valence-electron chi connectivity index (χ4n) is 1.91. The van der Waals surface area contributed by atoms with Gasteiger partial charge in [0.1, 0.15) is 11.6 Å². The zero-order chi connectivity index (χ0) is 14.4. The van der Waals surface area contributed by atoms with Crippen molar-refractivity contribution >= 4 is 21.7 Å². The first kappa shape index (κ1) is 14.9. The summed E-state index contributed by atoms with van der Waals surface area (Å²) >= 11 is 3.44. The Labute approximate surface area is 127 Å². The Balaban J connectivity index is 2.22. The van der Waals surface area contributed by atoms with Crippen LogP contribution in [0.25, 0.3) is 0 Å². The van der Waals surface area contributed by atoms with Gasteiger partial charge >= 0.3 is 0 Å². The van der Waals surface area contributed by atoms with E-state index in [0.717, 1.165) is 28.4 Å². The Kier molecular flexibility index (Phi) is 5.49. The predicted octanol–water partition coefficient (Wildman–Crippen LogP) is 3.41. The van der Waals surface area contributed by atoms with Gasteiger partial charge in [-0.3, -0.25) is 0 Å². The molecule has 2 aromatic rings. The van der Waals surface area contributed by atoms with E-state index in [4.69, 9.17) is 4.74 Å². The lowest BCUT2D eigenvalue weighted by Crippen LogP contribution is -2.07. The minimum Gasteiger partial charge on any atom is -0.378 e. The van der Waals surface area contributed by atoms with Gasteiger partial charge in [0.25, 0.3) is 0 Å². The first-order valence-corrected chi connectivity index (χ1v) is 7.34. The molecule has 0 bridgehead atoms. The van der Waals surface area contributed by atoms with Crippen LogP contribution in [0.2, 0.25) is 0 Å².